The van der Waals surface area contributed by atoms with Crippen LogP contribution in [0.2, 0.25) is 0 Å². The predicted molar refractivity (Wildman–Crippen MR) is 79.5 cm³/mol. The Morgan fingerprint density at radius 3 is 1.58 bits per heavy atom. The first-order chi connectivity index (χ1) is 10.9. The number of hydrogen-bond acceptors (Lipinski definition) is 5. The van der Waals surface area contributed by atoms with Crippen molar-refractivity contribution in [1.82, 2.24) is 0 Å². The third-order valence-electron chi connectivity index (χ3n) is 3.18. The molecule has 24 heavy (non-hydrogen) atoms. The number of rotatable bonds is 1. The van der Waals surface area contributed by atoms with Crippen molar-refractivity contribution >= 4 is 0 Å². The molecule has 0 aromatic heterocycles. The average Bonchev–Trinajstić information content (AvgIpc) is 2.36. The number of hydrogen-bond donors (Lipinski definition) is 0. The fourth-order valence-electron chi connectivity index (χ4n) is 2.06. The zero-order valence-electron chi connectivity index (χ0n) is 14.0. The van der Waals surface area contributed by atoms with Gasteiger partial charge < -0.3 is 4.74 Å². The summed E-state index contributed by atoms with van der Waals surface area (Å²) in [5, 5.41) is 0. The van der Waals surface area contributed by atoms with E-state index in [1.165, 1.54) is 32.1 Å². The summed E-state index contributed by atoms with van der Waals surface area (Å²) >= 11 is 0. The minimum atomic E-state index is -4.94. The van der Waals surface area contributed by atoms with Crippen molar-refractivity contribution < 1.29 is 54.0 Å². The molecule has 0 saturated carbocycles. The van der Waals surface area contributed by atoms with Crippen LogP contribution in [0.25, 0.3) is 0 Å². The minimum absolute atomic E-state index is 0. The summed E-state index contributed by atoms with van der Waals surface area (Å²) in [4.78, 5) is 0. The molecule has 0 fully saturated rings. The molecule has 1 unspecified atom stereocenters. The molecule has 0 spiro atoms. The van der Waals surface area contributed by atoms with Crippen molar-refractivity contribution in [3.05, 3.63) is 42.9 Å². The SMILES string of the molecule is C1=CCC/C=C\CC1.COC1[CH-]CC/C=C\CC1.[O-][Cl+3]([O-])([O-])[O-].[Pd+2]. The summed E-state index contributed by atoms with van der Waals surface area (Å²) < 4.78 is 39.2. The van der Waals surface area contributed by atoms with Gasteiger partial charge in [0.05, 0.1) is 0 Å². The first-order valence-electron chi connectivity index (χ1n) is 7.86. The van der Waals surface area contributed by atoms with Crippen molar-refractivity contribution in [3.63, 3.8) is 0 Å². The van der Waals surface area contributed by atoms with Crippen LogP contribution in [0, 0.1) is 16.7 Å². The van der Waals surface area contributed by atoms with E-state index >= 15 is 0 Å². The van der Waals surface area contributed by atoms with E-state index in [0.717, 1.165) is 19.3 Å². The number of allylic oxidation sites excluding steroid dienone is 6. The second kappa shape index (κ2) is 17.8. The molecule has 5 nitrogen and oxygen atoms in total. The first-order valence-corrected chi connectivity index (χ1v) is 9.09. The largest absolute Gasteiger partial charge is 2.00 e. The van der Waals surface area contributed by atoms with E-state index in [4.69, 9.17) is 23.4 Å². The summed E-state index contributed by atoms with van der Waals surface area (Å²) in [6.45, 7) is 0. The van der Waals surface area contributed by atoms with E-state index in [-0.39, 0.29) is 20.4 Å². The molecule has 0 saturated heterocycles. The topological polar surface area (TPSA) is 101 Å². The van der Waals surface area contributed by atoms with Crippen molar-refractivity contribution in [2.24, 2.45) is 0 Å². The Bertz CT molecular complexity index is 321. The van der Waals surface area contributed by atoms with Gasteiger partial charge in [-0.2, -0.15) is 6.42 Å². The smallest absolute Gasteiger partial charge is 0.413 e. The van der Waals surface area contributed by atoms with Crippen molar-refractivity contribution in [1.29, 1.82) is 0 Å². The van der Waals surface area contributed by atoms with E-state index in [9.17, 15) is 0 Å². The normalized spacial score (nSPS) is 23.3. The van der Waals surface area contributed by atoms with Crippen LogP contribution < -0.4 is 18.6 Å². The fourth-order valence-corrected chi connectivity index (χ4v) is 2.06. The van der Waals surface area contributed by atoms with Gasteiger partial charge in [-0.05, 0) is 32.1 Å². The van der Waals surface area contributed by atoms with Crippen LogP contribution in [0.5, 0.6) is 0 Å². The van der Waals surface area contributed by atoms with Crippen molar-refractivity contribution in [3.8, 4) is 0 Å². The van der Waals surface area contributed by atoms with E-state index in [1.54, 1.807) is 7.11 Å². The fraction of sp³-hybridized carbons (Fsp3) is 0.588. The maximum atomic E-state index is 8.49. The second-order valence-electron chi connectivity index (χ2n) is 5.11. The molecular weight excluding hydrogens is 426 g/mol. The van der Waals surface area contributed by atoms with E-state index in [0.29, 0.717) is 6.10 Å². The summed E-state index contributed by atoms with van der Waals surface area (Å²) in [5.41, 5.74) is 0. The number of halogens is 1. The molecule has 142 valence electrons. The van der Waals surface area contributed by atoms with Gasteiger partial charge in [0.2, 0.25) is 0 Å². The molecule has 2 aliphatic carbocycles. The molecule has 2 aliphatic rings. The monoisotopic (exact) mass is 452 g/mol. The molecule has 0 radical (unpaired) electrons. The Hall–Kier alpha value is -0.0277. The third kappa shape index (κ3) is 24.2. The van der Waals surface area contributed by atoms with Crippen LogP contribution in [-0.4, -0.2) is 13.2 Å². The van der Waals surface area contributed by atoms with Gasteiger partial charge >= 0.3 is 20.4 Å². The number of ether oxygens (including phenoxy) is 1. The molecule has 1 atom stereocenters. The van der Waals surface area contributed by atoms with Gasteiger partial charge in [0.25, 0.3) is 0 Å². The van der Waals surface area contributed by atoms with Gasteiger partial charge in [-0.25, -0.2) is 18.6 Å². The van der Waals surface area contributed by atoms with Crippen LogP contribution in [0.4, 0.5) is 0 Å². The summed E-state index contributed by atoms with van der Waals surface area (Å²) in [5.74, 6) is 0. The van der Waals surface area contributed by atoms with E-state index in [1.807, 2.05) is 0 Å². The van der Waals surface area contributed by atoms with Crippen LogP contribution in [0.15, 0.2) is 36.5 Å². The average molecular weight is 453 g/mol. The van der Waals surface area contributed by atoms with Crippen molar-refractivity contribution in [2.75, 3.05) is 7.11 Å². The predicted octanol–water partition coefficient (Wildman–Crippen LogP) is 0.250. The van der Waals surface area contributed by atoms with Crippen LogP contribution in [0.1, 0.15) is 51.4 Å². The molecule has 0 bridgehead atoms. The quantitative estimate of drug-likeness (QED) is 0.322. The Morgan fingerprint density at radius 1 is 0.792 bits per heavy atom. The number of methoxy groups -OCH3 is 1. The van der Waals surface area contributed by atoms with Crippen LogP contribution in [-0.2, 0) is 25.2 Å². The Kier molecular flexibility index (Phi) is 19.4. The van der Waals surface area contributed by atoms with Gasteiger partial charge in [0, 0.05) is 7.11 Å². The molecule has 0 amide bonds. The Labute approximate surface area is 161 Å². The molecule has 2 rings (SSSR count). The standard InChI is InChI=1S/C9H15O.C8H12.ClHO4.Pd/c1-10-9-7-5-3-2-4-6-8-9;1-2-4-6-8-7-5-3-1;2-1(3,4)5;/h2-3,8-9H,4-7H2,1H3;1-2,7-8H,3-6H2;(H,2,3,4,5);/q-1;;;+2/p-1/b3-2-;2-1-,8-7?;;. The van der Waals surface area contributed by atoms with Gasteiger partial charge in [0.1, 0.15) is 0 Å². The van der Waals surface area contributed by atoms with Crippen LogP contribution in [0.3, 0.4) is 0 Å². The van der Waals surface area contributed by atoms with Crippen LogP contribution >= 0.6 is 0 Å². The Balaban J connectivity index is 0. The summed E-state index contributed by atoms with van der Waals surface area (Å²) in [6.07, 6.45) is 25.8. The van der Waals surface area contributed by atoms with Gasteiger partial charge in [-0.3, -0.25) is 6.42 Å². The van der Waals surface area contributed by atoms with Crippen molar-refractivity contribution in [2.45, 2.75) is 57.5 Å². The van der Waals surface area contributed by atoms with Gasteiger partial charge in [-0.15, -0.1) is 10.2 Å². The molecule has 0 heterocycles. The molecule has 0 N–H and O–H groups in total. The maximum Gasteiger partial charge on any atom is 2.00 e. The molecule has 7 heteroatoms. The minimum Gasteiger partial charge on any atom is -0.413 e. The molecular formula is C17H27ClO5Pd. The van der Waals surface area contributed by atoms with E-state index in [2.05, 4.69) is 42.9 Å². The first kappa shape index (κ1) is 26.2. The van der Waals surface area contributed by atoms with Gasteiger partial charge in [-0.1, -0.05) is 55.4 Å². The molecule has 0 aromatic carbocycles. The summed E-state index contributed by atoms with van der Waals surface area (Å²) in [6, 6.07) is 0. The maximum absolute atomic E-state index is 8.49. The second-order valence-corrected chi connectivity index (χ2v) is 5.87. The molecule has 0 aliphatic heterocycles. The zero-order valence-corrected chi connectivity index (χ0v) is 16.3. The van der Waals surface area contributed by atoms with Gasteiger partial charge in [0.15, 0.2) is 0 Å². The third-order valence-corrected chi connectivity index (χ3v) is 3.18. The Morgan fingerprint density at radius 2 is 1.17 bits per heavy atom. The zero-order chi connectivity index (χ0) is 17.4. The molecule has 0 aromatic rings. The summed E-state index contributed by atoms with van der Waals surface area (Å²) in [7, 11) is -3.16. The van der Waals surface area contributed by atoms with E-state index < -0.39 is 10.2 Å².